The van der Waals surface area contributed by atoms with Crippen molar-refractivity contribution in [1.29, 1.82) is 0 Å². The Morgan fingerprint density at radius 2 is 1.91 bits per heavy atom. The lowest BCUT2D eigenvalue weighted by Gasteiger charge is -2.11. The van der Waals surface area contributed by atoms with Crippen molar-refractivity contribution in [2.75, 3.05) is 40.5 Å². The summed E-state index contributed by atoms with van der Waals surface area (Å²) in [6.07, 6.45) is 0. The molecule has 0 aromatic heterocycles. The van der Waals surface area contributed by atoms with Gasteiger partial charge in [-0.25, -0.2) is 17.9 Å². The van der Waals surface area contributed by atoms with Crippen molar-refractivity contribution in [3.8, 4) is 0 Å². The van der Waals surface area contributed by atoms with Crippen molar-refractivity contribution in [3.63, 3.8) is 0 Å². The van der Waals surface area contributed by atoms with E-state index in [4.69, 9.17) is 4.74 Å². The number of aryl methyl sites for hydroxylation is 1. The Labute approximate surface area is 131 Å². The second-order valence-electron chi connectivity index (χ2n) is 4.61. The summed E-state index contributed by atoms with van der Waals surface area (Å²) in [5, 5.41) is 3.04. The number of carbonyl (C=O) groups excluding carboxylic acids is 1. The molecular formula is C14H22N2O5S. The molecule has 124 valence electrons. The van der Waals surface area contributed by atoms with Crippen molar-refractivity contribution in [3.05, 3.63) is 29.3 Å². The van der Waals surface area contributed by atoms with Crippen LogP contribution in [0, 0.1) is 6.92 Å². The summed E-state index contributed by atoms with van der Waals surface area (Å²) in [7, 11) is -0.828. The molecule has 1 aromatic rings. The van der Waals surface area contributed by atoms with E-state index in [9.17, 15) is 13.2 Å². The number of rotatable bonds is 9. The van der Waals surface area contributed by atoms with Crippen LogP contribution in [0.25, 0.3) is 0 Å². The van der Waals surface area contributed by atoms with Crippen molar-refractivity contribution in [2.24, 2.45) is 0 Å². The van der Waals surface area contributed by atoms with Crippen molar-refractivity contribution in [2.45, 2.75) is 11.8 Å². The van der Waals surface area contributed by atoms with Crippen LogP contribution < -0.4 is 10.0 Å². The van der Waals surface area contributed by atoms with E-state index in [1.807, 2.05) is 0 Å². The Balaban J connectivity index is 2.73. The number of esters is 1. The number of sulfonamides is 1. The van der Waals surface area contributed by atoms with E-state index < -0.39 is 16.0 Å². The molecule has 0 atom stereocenters. The van der Waals surface area contributed by atoms with Crippen molar-refractivity contribution < 1.29 is 22.7 Å². The topological polar surface area (TPSA) is 93.7 Å². The molecule has 0 radical (unpaired) electrons. The molecular weight excluding hydrogens is 308 g/mol. The van der Waals surface area contributed by atoms with Gasteiger partial charge in [0.05, 0.1) is 24.2 Å². The third-order valence-electron chi connectivity index (χ3n) is 2.98. The van der Waals surface area contributed by atoms with Gasteiger partial charge >= 0.3 is 5.97 Å². The molecule has 22 heavy (non-hydrogen) atoms. The average molecular weight is 330 g/mol. The fourth-order valence-electron chi connectivity index (χ4n) is 1.79. The molecule has 0 aliphatic carbocycles. The Morgan fingerprint density at radius 3 is 2.55 bits per heavy atom. The average Bonchev–Trinajstić information content (AvgIpc) is 2.50. The highest BCUT2D eigenvalue weighted by atomic mass is 32.2. The van der Waals surface area contributed by atoms with Gasteiger partial charge in [0.2, 0.25) is 10.0 Å². The summed E-state index contributed by atoms with van der Waals surface area (Å²) in [6, 6.07) is 4.44. The van der Waals surface area contributed by atoms with Gasteiger partial charge in [0.1, 0.15) is 0 Å². The van der Waals surface area contributed by atoms with Gasteiger partial charge in [-0.15, -0.1) is 0 Å². The van der Waals surface area contributed by atoms with Crippen LogP contribution in [0.3, 0.4) is 0 Å². The third kappa shape index (κ3) is 5.38. The maximum atomic E-state index is 12.3. The first-order chi connectivity index (χ1) is 10.4. The van der Waals surface area contributed by atoms with Crippen LogP contribution in [0.4, 0.5) is 0 Å². The largest absolute Gasteiger partial charge is 0.465 e. The minimum Gasteiger partial charge on any atom is -0.465 e. The first-order valence-electron chi connectivity index (χ1n) is 6.80. The molecule has 0 spiro atoms. The smallest absolute Gasteiger partial charge is 0.337 e. The molecule has 0 heterocycles. The molecule has 0 aliphatic rings. The van der Waals surface area contributed by atoms with Crippen molar-refractivity contribution >= 4 is 16.0 Å². The number of methoxy groups -OCH3 is 2. The molecule has 2 N–H and O–H groups in total. The van der Waals surface area contributed by atoms with E-state index in [2.05, 4.69) is 14.8 Å². The maximum Gasteiger partial charge on any atom is 0.337 e. The van der Waals surface area contributed by atoms with Gasteiger partial charge in [0.25, 0.3) is 0 Å². The summed E-state index contributed by atoms with van der Waals surface area (Å²) in [6.45, 7) is 3.61. The van der Waals surface area contributed by atoms with Crippen LogP contribution in [-0.4, -0.2) is 54.8 Å². The van der Waals surface area contributed by atoms with E-state index in [-0.39, 0.29) is 17.0 Å². The number of hydrogen-bond donors (Lipinski definition) is 2. The van der Waals surface area contributed by atoms with Gasteiger partial charge < -0.3 is 14.8 Å². The summed E-state index contributed by atoms with van der Waals surface area (Å²) in [4.78, 5) is 11.6. The Hall–Kier alpha value is -1.48. The first kappa shape index (κ1) is 18.6. The number of ether oxygens (including phenoxy) is 2. The van der Waals surface area contributed by atoms with Gasteiger partial charge in [-0.05, 0) is 24.6 Å². The molecule has 1 aromatic carbocycles. The van der Waals surface area contributed by atoms with Crippen LogP contribution in [0.5, 0.6) is 0 Å². The molecule has 0 amide bonds. The van der Waals surface area contributed by atoms with Gasteiger partial charge in [0.15, 0.2) is 0 Å². The van der Waals surface area contributed by atoms with Gasteiger partial charge in [-0.3, -0.25) is 0 Å². The summed E-state index contributed by atoms with van der Waals surface area (Å²) in [5.41, 5.74) is 0.763. The van der Waals surface area contributed by atoms with Crippen LogP contribution in [0.2, 0.25) is 0 Å². The van der Waals surface area contributed by atoms with E-state index in [0.717, 1.165) is 0 Å². The van der Waals surface area contributed by atoms with E-state index >= 15 is 0 Å². The van der Waals surface area contributed by atoms with E-state index in [1.54, 1.807) is 20.1 Å². The first-order valence-corrected chi connectivity index (χ1v) is 8.29. The van der Waals surface area contributed by atoms with Gasteiger partial charge in [-0.1, -0.05) is 6.07 Å². The second kappa shape index (κ2) is 8.84. The molecule has 0 fully saturated rings. The zero-order chi connectivity index (χ0) is 16.6. The highest BCUT2D eigenvalue weighted by Crippen LogP contribution is 2.17. The summed E-state index contributed by atoms with van der Waals surface area (Å²) < 4.78 is 36.6. The quantitative estimate of drug-likeness (QED) is 0.499. The minimum absolute atomic E-state index is 0.0762. The van der Waals surface area contributed by atoms with Gasteiger partial charge in [-0.2, -0.15) is 0 Å². The molecule has 0 unspecified atom stereocenters. The SMILES string of the molecule is COCCNCCNS(=O)(=O)c1cc(C(=O)OC)ccc1C. The highest BCUT2D eigenvalue weighted by molar-refractivity contribution is 7.89. The number of hydrogen-bond acceptors (Lipinski definition) is 6. The molecule has 0 saturated carbocycles. The summed E-state index contributed by atoms with van der Waals surface area (Å²) >= 11 is 0. The minimum atomic E-state index is -3.68. The molecule has 1 rings (SSSR count). The molecule has 0 aliphatic heterocycles. The third-order valence-corrected chi connectivity index (χ3v) is 4.58. The van der Waals surface area contributed by atoms with Crippen LogP contribution in [0.1, 0.15) is 15.9 Å². The number of benzene rings is 1. The fourth-order valence-corrected chi connectivity index (χ4v) is 3.09. The van der Waals surface area contributed by atoms with Crippen LogP contribution in [0.15, 0.2) is 23.1 Å². The zero-order valence-corrected chi connectivity index (χ0v) is 13.8. The van der Waals surface area contributed by atoms with Gasteiger partial charge in [0, 0.05) is 26.7 Å². The number of nitrogens with one attached hydrogen (secondary N) is 2. The van der Waals surface area contributed by atoms with Crippen molar-refractivity contribution in [1.82, 2.24) is 10.0 Å². The van der Waals surface area contributed by atoms with E-state index in [1.165, 1.54) is 19.2 Å². The normalized spacial score (nSPS) is 11.4. The molecule has 8 heteroatoms. The van der Waals surface area contributed by atoms with Crippen LogP contribution >= 0.6 is 0 Å². The lowest BCUT2D eigenvalue weighted by molar-refractivity contribution is 0.0600. The Bertz CT molecular complexity index is 601. The lowest BCUT2D eigenvalue weighted by atomic mass is 10.1. The zero-order valence-electron chi connectivity index (χ0n) is 13.0. The maximum absolute atomic E-state index is 12.3. The molecule has 0 saturated heterocycles. The monoisotopic (exact) mass is 330 g/mol. The van der Waals surface area contributed by atoms with Crippen LogP contribution in [-0.2, 0) is 19.5 Å². The standard InChI is InChI=1S/C14H22N2O5S/c1-11-4-5-12(14(17)21-3)10-13(11)22(18,19)16-7-6-15-8-9-20-2/h4-5,10,15-16H,6-9H2,1-3H3. The predicted molar refractivity (Wildman–Crippen MR) is 82.5 cm³/mol. The summed E-state index contributed by atoms with van der Waals surface area (Å²) in [5.74, 6) is -0.572. The second-order valence-corrected chi connectivity index (χ2v) is 6.35. The fraction of sp³-hybridized carbons (Fsp3) is 0.500. The Morgan fingerprint density at radius 1 is 1.18 bits per heavy atom. The Kier molecular flexibility index (Phi) is 7.46. The highest BCUT2D eigenvalue weighted by Gasteiger charge is 2.18. The van der Waals surface area contributed by atoms with E-state index in [0.29, 0.717) is 25.3 Å². The predicted octanol–water partition coefficient (Wildman–Crippen LogP) is 0.296. The molecule has 7 nitrogen and oxygen atoms in total. The molecule has 0 bridgehead atoms. The lowest BCUT2D eigenvalue weighted by Crippen LogP contribution is -2.33. The number of carbonyl (C=O) groups is 1.